The number of aryl methyl sites for hydroxylation is 1. The van der Waals surface area contributed by atoms with Gasteiger partial charge in [-0.1, -0.05) is 81.7 Å². The summed E-state index contributed by atoms with van der Waals surface area (Å²) in [7, 11) is 0. The van der Waals surface area contributed by atoms with Gasteiger partial charge in [-0.3, -0.25) is 5.43 Å². The lowest BCUT2D eigenvalue weighted by atomic mass is 10.2. The Bertz CT molecular complexity index is 864. The summed E-state index contributed by atoms with van der Waals surface area (Å²) in [4.78, 5) is 6.89. The minimum Gasteiger partial charge on any atom is -0.475 e. The van der Waals surface area contributed by atoms with Crippen LogP contribution in [-0.2, 0) is 0 Å². The summed E-state index contributed by atoms with van der Waals surface area (Å²) >= 11 is 0. The number of rotatable bonds is 12. The van der Waals surface area contributed by atoms with E-state index in [0.717, 1.165) is 49.3 Å². The number of nitrogens with two attached hydrogens (primary N) is 1. The normalized spacial score (nSPS) is 9.90. The molecule has 0 saturated carbocycles. The molecule has 0 spiro atoms. The van der Waals surface area contributed by atoms with E-state index in [2.05, 4.69) is 34.3 Å². The van der Waals surface area contributed by atoms with Crippen LogP contribution in [0, 0.1) is 6.92 Å². The highest BCUT2D eigenvalue weighted by molar-refractivity contribution is 5.80. The maximum absolute atomic E-state index is 10.0. The third kappa shape index (κ3) is 19.0. The van der Waals surface area contributed by atoms with Crippen LogP contribution in [0.25, 0.3) is 0 Å². The number of aromatic nitrogens is 1. The van der Waals surface area contributed by atoms with Crippen LogP contribution < -0.4 is 20.8 Å². The van der Waals surface area contributed by atoms with Gasteiger partial charge in [-0.15, -0.1) is 0 Å². The standard InChI is InChI=1S/C24H37N5O2.4C2H6/c1-6-8-12-29(11-7-2)20-14-19(27-23(15-20)31-17-24(4,5)30)16-26-28-22-13-18(3)9-10-21(22)25;4*1-2/h9-10,13-16,28,30H,6-8,11-12,17,25H2,1-5H3;4*1-2H3/b26-16+;;;;. The van der Waals surface area contributed by atoms with Crippen molar-refractivity contribution in [3.8, 4) is 5.88 Å². The van der Waals surface area contributed by atoms with Gasteiger partial charge in [0.1, 0.15) is 6.61 Å². The average Bonchev–Trinajstić information content (AvgIpc) is 2.95. The molecule has 1 aromatic heterocycles. The quantitative estimate of drug-likeness (QED) is 0.140. The summed E-state index contributed by atoms with van der Waals surface area (Å²) in [5, 5.41) is 14.4. The Labute approximate surface area is 241 Å². The highest BCUT2D eigenvalue weighted by Gasteiger charge is 2.15. The Kier molecular flexibility index (Phi) is 26.6. The highest BCUT2D eigenvalue weighted by Crippen LogP contribution is 2.23. The molecule has 0 bridgehead atoms. The fraction of sp³-hybridized carbons (Fsp3) is 0.625. The van der Waals surface area contributed by atoms with E-state index in [1.807, 2.05) is 92.6 Å². The largest absolute Gasteiger partial charge is 0.475 e. The molecular weight excluding hydrogens is 486 g/mol. The van der Waals surface area contributed by atoms with Crippen molar-refractivity contribution in [3.05, 3.63) is 41.6 Å². The zero-order chi connectivity index (χ0) is 30.9. The van der Waals surface area contributed by atoms with Crippen LogP contribution in [0.5, 0.6) is 5.88 Å². The summed E-state index contributed by atoms with van der Waals surface area (Å²) in [5.41, 5.74) is 12.2. The molecule has 0 saturated heterocycles. The van der Waals surface area contributed by atoms with E-state index in [1.54, 1.807) is 20.1 Å². The first-order valence-electron chi connectivity index (χ1n) is 15.0. The van der Waals surface area contributed by atoms with Gasteiger partial charge in [0, 0.05) is 24.8 Å². The van der Waals surface area contributed by atoms with Crippen LogP contribution in [0.4, 0.5) is 17.1 Å². The predicted molar refractivity (Wildman–Crippen MR) is 176 cm³/mol. The maximum Gasteiger partial charge on any atom is 0.216 e. The molecule has 0 fully saturated rings. The molecule has 2 rings (SSSR count). The number of hydrogen-bond donors (Lipinski definition) is 3. The fourth-order valence-electron chi connectivity index (χ4n) is 3.01. The van der Waals surface area contributed by atoms with Gasteiger partial charge in [-0.05, 0) is 57.4 Å². The molecule has 1 aromatic carbocycles. The van der Waals surface area contributed by atoms with Crippen LogP contribution in [0.3, 0.4) is 0 Å². The zero-order valence-corrected chi connectivity index (χ0v) is 27.5. The predicted octanol–water partition coefficient (Wildman–Crippen LogP) is 8.69. The van der Waals surface area contributed by atoms with Crippen molar-refractivity contribution in [1.29, 1.82) is 0 Å². The van der Waals surface area contributed by atoms with E-state index in [0.29, 0.717) is 17.3 Å². The molecule has 39 heavy (non-hydrogen) atoms. The number of unbranched alkanes of at least 4 members (excludes halogenated alkanes) is 1. The van der Waals surface area contributed by atoms with Gasteiger partial charge in [0.15, 0.2) is 0 Å². The van der Waals surface area contributed by atoms with Crippen molar-refractivity contribution in [3.63, 3.8) is 0 Å². The molecule has 226 valence electrons. The Morgan fingerprint density at radius 2 is 1.59 bits per heavy atom. The van der Waals surface area contributed by atoms with E-state index < -0.39 is 5.60 Å². The molecule has 0 radical (unpaired) electrons. The number of benzene rings is 1. The molecule has 0 amide bonds. The fourth-order valence-corrected chi connectivity index (χ4v) is 3.01. The number of pyridine rings is 1. The highest BCUT2D eigenvalue weighted by atomic mass is 16.5. The van der Waals surface area contributed by atoms with Crippen LogP contribution in [0.15, 0.2) is 35.4 Å². The van der Waals surface area contributed by atoms with Gasteiger partial charge in [0.25, 0.3) is 0 Å². The lowest BCUT2D eigenvalue weighted by molar-refractivity contribution is 0.0268. The summed E-state index contributed by atoms with van der Waals surface area (Å²) in [6.45, 7) is 27.8. The van der Waals surface area contributed by atoms with Crippen LogP contribution >= 0.6 is 0 Å². The first kappa shape index (κ1) is 40.7. The lowest BCUT2D eigenvalue weighted by Gasteiger charge is -2.25. The molecule has 7 nitrogen and oxygen atoms in total. The molecule has 1 heterocycles. The van der Waals surface area contributed by atoms with Crippen molar-refractivity contribution >= 4 is 23.3 Å². The minimum atomic E-state index is -0.943. The topological polar surface area (TPSA) is 96.0 Å². The number of nitrogens with one attached hydrogen (secondary N) is 1. The number of nitrogen functional groups attached to an aromatic ring is 1. The Hall–Kier alpha value is -2.80. The first-order valence-corrected chi connectivity index (χ1v) is 15.0. The van der Waals surface area contributed by atoms with Gasteiger partial charge in [0.2, 0.25) is 5.88 Å². The zero-order valence-electron chi connectivity index (χ0n) is 27.5. The van der Waals surface area contributed by atoms with E-state index in [-0.39, 0.29) is 6.61 Å². The maximum atomic E-state index is 10.0. The monoisotopic (exact) mass is 547 g/mol. The van der Waals surface area contributed by atoms with Crippen LogP contribution in [0.2, 0.25) is 0 Å². The second-order valence-corrected chi connectivity index (χ2v) is 8.49. The van der Waals surface area contributed by atoms with Crippen molar-refractivity contribution in [1.82, 2.24) is 4.98 Å². The summed E-state index contributed by atoms with van der Waals surface area (Å²) in [5.74, 6) is 0.466. The van der Waals surface area contributed by atoms with Crippen LogP contribution in [0.1, 0.15) is 114 Å². The summed E-state index contributed by atoms with van der Waals surface area (Å²) in [6, 6.07) is 9.70. The van der Waals surface area contributed by atoms with E-state index in [9.17, 15) is 5.11 Å². The first-order chi connectivity index (χ1) is 18.7. The number of aliphatic hydroxyl groups is 1. The van der Waals surface area contributed by atoms with E-state index in [1.165, 1.54) is 0 Å². The Morgan fingerprint density at radius 3 is 2.13 bits per heavy atom. The molecule has 0 unspecified atom stereocenters. The van der Waals surface area contributed by atoms with Gasteiger partial charge in [-0.25, -0.2) is 4.98 Å². The molecule has 0 aliphatic heterocycles. The molecule has 0 aliphatic rings. The molecular formula is C32H61N5O2. The number of ether oxygens (including phenoxy) is 1. The Balaban J connectivity index is -0.00000148. The van der Waals surface area contributed by atoms with Crippen LogP contribution in [-0.4, -0.2) is 41.6 Å². The van der Waals surface area contributed by atoms with Gasteiger partial charge >= 0.3 is 0 Å². The molecule has 0 aliphatic carbocycles. The number of nitrogens with zero attached hydrogens (tertiary/aromatic N) is 3. The van der Waals surface area contributed by atoms with Gasteiger partial charge in [-0.2, -0.15) is 5.10 Å². The number of hydrazone groups is 1. The third-order valence-electron chi connectivity index (χ3n) is 4.61. The summed E-state index contributed by atoms with van der Waals surface area (Å²) in [6.07, 6.45) is 4.94. The molecule has 2 aromatic rings. The smallest absolute Gasteiger partial charge is 0.216 e. The van der Waals surface area contributed by atoms with Crippen molar-refractivity contribution < 1.29 is 9.84 Å². The number of anilines is 3. The van der Waals surface area contributed by atoms with Crippen molar-refractivity contribution in [2.75, 3.05) is 35.8 Å². The third-order valence-corrected chi connectivity index (χ3v) is 4.61. The molecule has 7 heteroatoms. The van der Waals surface area contributed by atoms with Gasteiger partial charge in [0.05, 0.1) is 28.9 Å². The van der Waals surface area contributed by atoms with Crippen molar-refractivity contribution in [2.24, 2.45) is 5.10 Å². The molecule has 0 atom stereocenters. The Morgan fingerprint density at radius 1 is 0.974 bits per heavy atom. The second kappa shape index (κ2) is 25.5. The van der Waals surface area contributed by atoms with E-state index >= 15 is 0 Å². The van der Waals surface area contributed by atoms with Gasteiger partial charge < -0.3 is 20.5 Å². The lowest BCUT2D eigenvalue weighted by Crippen LogP contribution is -2.28. The van der Waals surface area contributed by atoms with Crippen molar-refractivity contribution in [2.45, 2.75) is 115 Å². The van der Waals surface area contributed by atoms with E-state index in [4.69, 9.17) is 10.5 Å². The number of hydrogen-bond acceptors (Lipinski definition) is 7. The average molecular weight is 548 g/mol. The molecule has 4 N–H and O–H groups in total. The second-order valence-electron chi connectivity index (χ2n) is 8.49. The summed E-state index contributed by atoms with van der Waals surface area (Å²) < 4.78 is 5.79. The minimum absolute atomic E-state index is 0.154. The SMILES string of the molecule is CC.CC.CC.CC.CCCCN(CCC)c1cc(/C=N/Nc2cc(C)ccc2N)nc(OCC(C)(C)O)c1.